The number of allylic oxidation sites excluding steroid dienone is 1. The molecule has 12 nitrogen and oxygen atoms in total. The summed E-state index contributed by atoms with van der Waals surface area (Å²) in [4.78, 5) is 39.8. The van der Waals surface area contributed by atoms with Crippen molar-refractivity contribution in [2.45, 2.75) is 62.6 Å². The summed E-state index contributed by atoms with van der Waals surface area (Å²) in [6.07, 6.45) is -7.36. The molecule has 0 bridgehead atoms. The zero-order valence-corrected chi connectivity index (χ0v) is 29.0. The maximum atomic E-state index is 13.1. The number of hydrogen-bond acceptors (Lipinski definition) is 13. The molecule has 1 heterocycles. The Hall–Kier alpha value is -3.63. The molecule has 0 saturated carbocycles. The average molecular weight is 716 g/mol. The molecule has 1 amide bonds. The van der Waals surface area contributed by atoms with Crippen LogP contribution in [0.4, 0.5) is 0 Å². The Morgan fingerprint density at radius 1 is 0.959 bits per heavy atom. The van der Waals surface area contributed by atoms with Crippen molar-refractivity contribution in [1.29, 1.82) is 0 Å². The maximum Gasteiger partial charge on any atom is 0.326 e. The van der Waals surface area contributed by atoms with E-state index in [1.54, 1.807) is 21.0 Å². The van der Waals surface area contributed by atoms with E-state index in [9.17, 15) is 34.8 Å². The summed E-state index contributed by atoms with van der Waals surface area (Å²) >= 11 is 0. The van der Waals surface area contributed by atoms with E-state index < -0.39 is 61.7 Å². The first-order valence-corrected chi connectivity index (χ1v) is 17.9. The lowest BCUT2D eigenvalue weighted by molar-refractivity contribution is -0.287. The molecule has 1 unspecified atom stereocenters. The van der Waals surface area contributed by atoms with Gasteiger partial charge in [-0.1, -0.05) is 76.2 Å². The van der Waals surface area contributed by atoms with E-state index >= 15 is 0 Å². The number of amides is 1. The number of aliphatic hydroxyl groups excluding tert-OH is 4. The Kier molecular flexibility index (Phi) is 14.3. The van der Waals surface area contributed by atoms with Crippen LogP contribution in [0, 0.1) is 0 Å². The number of ether oxygens (including phenoxy) is 4. The number of benzene rings is 3. The van der Waals surface area contributed by atoms with Crippen molar-refractivity contribution in [3.8, 4) is 5.75 Å². The van der Waals surface area contributed by atoms with Gasteiger partial charge in [-0.05, 0) is 47.9 Å². The molecule has 1 fully saturated rings. The molecular formula is C35H41NO11S2. The second-order valence-corrected chi connectivity index (χ2v) is 13.8. The number of rotatable bonds is 16. The summed E-state index contributed by atoms with van der Waals surface area (Å²) in [6.45, 7) is 2.46. The fourth-order valence-corrected chi connectivity index (χ4v) is 7.55. The number of fused-ring (bicyclic) bond motifs is 1. The minimum absolute atomic E-state index is 0.0318. The van der Waals surface area contributed by atoms with Gasteiger partial charge in [-0.15, -0.1) is 0 Å². The summed E-state index contributed by atoms with van der Waals surface area (Å²) < 4.78 is 21.2. The SMILES string of the molecule is COc1ccc2cc([C@H](C)C(=O)OCC/C(SSCc3ccccc3)=C(\C)N(C=O)CC(=O)OC[C@@H]3OC(O)[C@@H](O)[C@H](O)[C@H]3O)ccc2c1. The zero-order valence-electron chi connectivity index (χ0n) is 27.3. The van der Waals surface area contributed by atoms with Crippen molar-refractivity contribution >= 4 is 50.7 Å². The maximum absolute atomic E-state index is 13.1. The second kappa shape index (κ2) is 18.4. The molecule has 3 aromatic rings. The van der Waals surface area contributed by atoms with E-state index in [0.717, 1.165) is 32.5 Å². The highest BCUT2D eigenvalue weighted by Crippen LogP contribution is 2.37. The van der Waals surface area contributed by atoms with Crippen LogP contribution in [0.3, 0.4) is 0 Å². The first-order chi connectivity index (χ1) is 23.5. The monoisotopic (exact) mass is 715 g/mol. The zero-order chi connectivity index (χ0) is 35.5. The average Bonchev–Trinajstić information content (AvgIpc) is 3.12. The van der Waals surface area contributed by atoms with Gasteiger partial charge in [0.1, 0.15) is 43.3 Å². The molecule has 4 N–H and O–H groups in total. The number of carbonyl (C=O) groups excluding carboxylic acids is 3. The Morgan fingerprint density at radius 3 is 2.39 bits per heavy atom. The predicted octanol–water partition coefficient (Wildman–Crippen LogP) is 3.50. The minimum atomic E-state index is -1.78. The van der Waals surface area contributed by atoms with Crippen molar-refractivity contribution in [3.05, 3.63) is 88.5 Å². The molecule has 1 aliphatic heterocycles. The molecular weight excluding hydrogens is 675 g/mol. The third-order valence-corrected chi connectivity index (χ3v) is 10.7. The topological polar surface area (TPSA) is 172 Å². The van der Waals surface area contributed by atoms with Crippen LogP contribution in [0.1, 0.15) is 37.3 Å². The summed E-state index contributed by atoms with van der Waals surface area (Å²) in [7, 11) is 4.53. The van der Waals surface area contributed by atoms with Crippen molar-refractivity contribution in [2.24, 2.45) is 0 Å². The third-order valence-electron chi connectivity index (χ3n) is 8.08. The molecule has 264 valence electrons. The molecule has 1 saturated heterocycles. The van der Waals surface area contributed by atoms with E-state index in [1.807, 2.05) is 66.7 Å². The van der Waals surface area contributed by atoms with Crippen molar-refractivity contribution in [2.75, 3.05) is 26.9 Å². The minimum Gasteiger partial charge on any atom is -0.497 e. The fourth-order valence-electron chi connectivity index (χ4n) is 4.99. The summed E-state index contributed by atoms with van der Waals surface area (Å²) in [6, 6.07) is 21.3. The summed E-state index contributed by atoms with van der Waals surface area (Å²) in [5, 5.41) is 41.3. The van der Waals surface area contributed by atoms with Gasteiger partial charge in [0.2, 0.25) is 6.41 Å². The Morgan fingerprint density at radius 2 is 1.67 bits per heavy atom. The van der Waals surface area contributed by atoms with E-state index in [0.29, 0.717) is 22.8 Å². The number of aliphatic hydroxyl groups is 4. The molecule has 0 aliphatic carbocycles. The normalized spacial score (nSPS) is 21.7. The first-order valence-electron chi connectivity index (χ1n) is 15.5. The van der Waals surface area contributed by atoms with E-state index in [-0.39, 0.29) is 13.0 Å². The van der Waals surface area contributed by atoms with Crippen LogP contribution >= 0.6 is 21.6 Å². The lowest BCUT2D eigenvalue weighted by Gasteiger charge is -2.37. The molecule has 3 aromatic carbocycles. The highest BCUT2D eigenvalue weighted by atomic mass is 33.1. The largest absolute Gasteiger partial charge is 0.497 e. The van der Waals surface area contributed by atoms with E-state index in [4.69, 9.17) is 18.9 Å². The molecule has 0 spiro atoms. The number of nitrogens with zero attached hydrogens (tertiary/aromatic N) is 1. The number of carbonyl (C=O) groups is 3. The molecule has 0 aromatic heterocycles. The van der Waals surface area contributed by atoms with Gasteiger partial charge in [0.25, 0.3) is 0 Å². The summed E-state index contributed by atoms with van der Waals surface area (Å²) in [5.41, 5.74) is 2.35. The molecule has 49 heavy (non-hydrogen) atoms. The van der Waals surface area contributed by atoms with Gasteiger partial charge < -0.3 is 44.3 Å². The number of hydrogen-bond donors (Lipinski definition) is 4. The van der Waals surface area contributed by atoms with Crippen LogP contribution in [0.5, 0.6) is 5.75 Å². The third kappa shape index (κ3) is 10.4. The molecule has 6 atom stereocenters. The highest BCUT2D eigenvalue weighted by Gasteiger charge is 2.43. The second-order valence-electron chi connectivity index (χ2n) is 11.4. The van der Waals surface area contributed by atoms with Crippen molar-refractivity contribution in [3.63, 3.8) is 0 Å². The van der Waals surface area contributed by atoms with Gasteiger partial charge in [0.05, 0.1) is 19.6 Å². The van der Waals surface area contributed by atoms with Gasteiger partial charge in [0, 0.05) is 22.8 Å². The van der Waals surface area contributed by atoms with Gasteiger partial charge in [-0.25, -0.2) is 0 Å². The smallest absolute Gasteiger partial charge is 0.326 e. The first kappa shape index (κ1) is 38.2. The summed E-state index contributed by atoms with van der Waals surface area (Å²) in [5.74, 6) is -0.371. The predicted molar refractivity (Wildman–Crippen MR) is 185 cm³/mol. The standard InChI is InChI=1S/C35H41NO11S2/c1-21(24-9-10-26-16-27(44-3)12-11-25(26)15-24)34(42)45-14-13-29(49-48-19-23-7-5-4-6-8-23)22(2)36(20-37)17-30(38)46-18-28-31(39)32(40)33(41)35(43)47-28/h4-12,15-16,20-21,28,31-33,35,39-41,43H,13-14,17-19H2,1-3H3/b29-22-/t21-,28-,31-,32+,33-,35?/m0/s1. The van der Waals surface area contributed by atoms with E-state index in [1.165, 1.54) is 21.6 Å². The fraction of sp³-hybridized carbons (Fsp3) is 0.400. The van der Waals surface area contributed by atoms with Gasteiger partial charge >= 0.3 is 11.9 Å². The highest BCUT2D eigenvalue weighted by molar-refractivity contribution is 8.77. The van der Waals surface area contributed by atoms with Crippen LogP contribution in [0.25, 0.3) is 10.8 Å². The van der Waals surface area contributed by atoms with Gasteiger partial charge in [-0.2, -0.15) is 0 Å². The molecule has 4 rings (SSSR count). The lowest BCUT2D eigenvalue weighted by atomic mass is 9.98. The lowest BCUT2D eigenvalue weighted by Crippen LogP contribution is -2.58. The van der Waals surface area contributed by atoms with Crippen LogP contribution in [0.15, 0.2) is 77.3 Å². The van der Waals surface area contributed by atoms with Crippen molar-refractivity contribution in [1.82, 2.24) is 4.90 Å². The molecule has 0 radical (unpaired) electrons. The number of methoxy groups -OCH3 is 1. The van der Waals surface area contributed by atoms with Crippen LogP contribution in [0.2, 0.25) is 0 Å². The Balaban J connectivity index is 1.39. The van der Waals surface area contributed by atoms with Crippen LogP contribution in [-0.2, 0) is 34.3 Å². The van der Waals surface area contributed by atoms with Gasteiger partial charge in [0.15, 0.2) is 6.29 Å². The van der Waals surface area contributed by atoms with Crippen LogP contribution in [-0.4, -0.2) is 101 Å². The van der Waals surface area contributed by atoms with Crippen LogP contribution < -0.4 is 4.74 Å². The van der Waals surface area contributed by atoms with Gasteiger partial charge in [-0.3, -0.25) is 14.4 Å². The number of esters is 2. The quantitative estimate of drug-likeness (QED) is 0.0966. The Labute approximate surface area is 292 Å². The molecule has 1 aliphatic rings. The Bertz CT molecular complexity index is 1600. The van der Waals surface area contributed by atoms with Crippen molar-refractivity contribution < 1.29 is 53.8 Å². The molecule has 14 heteroatoms. The van der Waals surface area contributed by atoms with E-state index in [2.05, 4.69) is 0 Å².